The Morgan fingerprint density at radius 3 is 2.75 bits per heavy atom. The minimum atomic E-state index is -3.19. The highest BCUT2D eigenvalue weighted by Crippen LogP contribution is 2.09. The molecule has 20 heavy (non-hydrogen) atoms. The summed E-state index contributed by atoms with van der Waals surface area (Å²) in [4.78, 5) is 0. The molecule has 1 aliphatic heterocycles. The topological polar surface area (TPSA) is 55.8 Å². The Bertz CT molecular complexity index is 489. The van der Waals surface area contributed by atoms with Crippen molar-refractivity contribution in [1.82, 2.24) is 4.31 Å². The van der Waals surface area contributed by atoms with Gasteiger partial charge >= 0.3 is 0 Å². The number of nitrogens with zero attached hydrogens (tertiary/aromatic N) is 1. The average Bonchev–Trinajstić information content (AvgIpc) is 2.45. The molecule has 0 atom stereocenters. The van der Waals surface area contributed by atoms with Crippen LogP contribution in [-0.4, -0.2) is 45.0 Å². The fourth-order valence-corrected chi connectivity index (χ4v) is 3.29. The summed E-state index contributed by atoms with van der Waals surface area (Å²) in [6.07, 6.45) is 1.67. The third kappa shape index (κ3) is 4.86. The van der Waals surface area contributed by atoms with Crippen molar-refractivity contribution in [2.24, 2.45) is 0 Å². The van der Waals surface area contributed by atoms with E-state index in [0.717, 1.165) is 18.4 Å². The summed E-state index contributed by atoms with van der Waals surface area (Å²) in [5.74, 6) is -0.183. The maximum atomic E-state index is 11.7. The molecule has 0 aliphatic carbocycles. The molecule has 0 bridgehead atoms. The molecule has 0 saturated carbocycles. The number of unbranched alkanes of at least 4 members (excludes halogenated alkanes) is 1. The maximum Gasteiger partial charge on any atom is 0.238 e. The van der Waals surface area contributed by atoms with E-state index in [2.05, 4.69) is 0 Å². The van der Waals surface area contributed by atoms with E-state index in [4.69, 9.17) is 9.47 Å². The van der Waals surface area contributed by atoms with Gasteiger partial charge < -0.3 is 9.47 Å². The molecule has 5 nitrogen and oxygen atoms in total. The Morgan fingerprint density at radius 2 is 2.00 bits per heavy atom. The van der Waals surface area contributed by atoms with Gasteiger partial charge in [-0.25, -0.2) is 8.42 Å². The third-order valence-electron chi connectivity index (χ3n) is 3.17. The summed E-state index contributed by atoms with van der Waals surface area (Å²) in [6, 6.07) is 10.0. The largest absolute Gasteiger partial charge is 0.377 e. The second-order valence-electron chi connectivity index (χ2n) is 4.78. The molecular weight excluding hydrogens is 278 g/mol. The quantitative estimate of drug-likeness (QED) is 0.718. The molecule has 2 rings (SSSR count). The van der Waals surface area contributed by atoms with Crippen LogP contribution in [0.4, 0.5) is 0 Å². The molecule has 0 radical (unpaired) electrons. The average molecular weight is 299 g/mol. The molecule has 0 unspecified atom stereocenters. The minimum Gasteiger partial charge on any atom is -0.377 e. The van der Waals surface area contributed by atoms with Crippen LogP contribution in [0.25, 0.3) is 0 Å². The van der Waals surface area contributed by atoms with E-state index in [1.54, 1.807) is 0 Å². The summed E-state index contributed by atoms with van der Waals surface area (Å²) >= 11 is 0. The lowest BCUT2D eigenvalue weighted by Crippen LogP contribution is -2.41. The molecule has 1 aromatic rings. The Hall–Kier alpha value is -0.950. The van der Waals surface area contributed by atoms with Crippen LogP contribution in [0.1, 0.15) is 18.4 Å². The Labute approximate surface area is 120 Å². The van der Waals surface area contributed by atoms with Gasteiger partial charge in [-0.15, -0.1) is 0 Å². The zero-order valence-electron chi connectivity index (χ0n) is 11.5. The van der Waals surface area contributed by atoms with Crippen LogP contribution in [0.2, 0.25) is 0 Å². The smallest absolute Gasteiger partial charge is 0.238 e. The van der Waals surface area contributed by atoms with Crippen LogP contribution in [0.15, 0.2) is 30.3 Å². The van der Waals surface area contributed by atoms with Gasteiger partial charge in [0.15, 0.2) is 5.94 Å². The van der Waals surface area contributed by atoms with Gasteiger partial charge in [-0.2, -0.15) is 4.31 Å². The molecule has 0 N–H and O–H groups in total. The van der Waals surface area contributed by atoms with Crippen molar-refractivity contribution >= 4 is 10.0 Å². The highest BCUT2D eigenvalue weighted by Gasteiger charge is 2.25. The first kappa shape index (κ1) is 15.4. The van der Waals surface area contributed by atoms with Gasteiger partial charge in [0.25, 0.3) is 0 Å². The summed E-state index contributed by atoms with van der Waals surface area (Å²) in [5.41, 5.74) is 1.16. The zero-order chi connectivity index (χ0) is 14.3. The summed E-state index contributed by atoms with van der Waals surface area (Å²) in [7, 11) is -3.19. The molecule has 0 aromatic heterocycles. The van der Waals surface area contributed by atoms with Crippen molar-refractivity contribution in [3.05, 3.63) is 35.9 Å². The number of ether oxygens (including phenoxy) is 2. The lowest BCUT2D eigenvalue weighted by atomic mass is 10.2. The van der Waals surface area contributed by atoms with E-state index in [1.165, 1.54) is 4.31 Å². The lowest BCUT2D eigenvalue weighted by Gasteiger charge is -2.26. The monoisotopic (exact) mass is 299 g/mol. The van der Waals surface area contributed by atoms with E-state index in [-0.39, 0.29) is 5.94 Å². The minimum absolute atomic E-state index is 0.183. The molecule has 1 heterocycles. The van der Waals surface area contributed by atoms with Gasteiger partial charge in [-0.1, -0.05) is 30.3 Å². The van der Waals surface area contributed by atoms with Crippen molar-refractivity contribution in [3.8, 4) is 0 Å². The van der Waals surface area contributed by atoms with Gasteiger partial charge in [0.1, 0.15) is 0 Å². The van der Waals surface area contributed by atoms with Gasteiger partial charge in [0, 0.05) is 19.7 Å². The SMILES string of the molecule is O=S1(=O)COCCN1CCCCOCc1ccccc1. The van der Waals surface area contributed by atoms with Gasteiger partial charge in [0.2, 0.25) is 10.0 Å². The van der Waals surface area contributed by atoms with Crippen molar-refractivity contribution < 1.29 is 17.9 Å². The Kier molecular flexibility index (Phi) is 5.97. The van der Waals surface area contributed by atoms with Crippen LogP contribution in [-0.2, 0) is 26.1 Å². The number of benzene rings is 1. The van der Waals surface area contributed by atoms with Gasteiger partial charge in [0.05, 0.1) is 13.2 Å². The van der Waals surface area contributed by atoms with Crippen molar-refractivity contribution in [2.45, 2.75) is 19.4 Å². The van der Waals surface area contributed by atoms with E-state index >= 15 is 0 Å². The number of hydrogen-bond donors (Lipinski definition) is 0. The second-order valence-corrected chi connectivity index (χ2v) is 6.70. The molecule has 1 aromatic carbocycles. The standard InChI is InChI=1S/C14H21NO4S/c16-20(17)13-19-11-9-15(20)8-4-5-10-18-12-14-6-2-1-3-7-14/h1-3,6-7H,4-5,8-13H2. The van der Waals surface area contributed by atoms with Gasteiger partial charge in [-0.3, -0.25) is 0 Å². The second kappa shape index (κ2) is 7.73. The molecule has 112 valence electrons. The van der Waals surface area contributed by atoms with Crippen LogP contribution in [0.5, 0.6) is 0 Å². The molecule has 1 saturated heterocycles. The van der Waals surface area contributed by atoms with Crippen molar-refractivity contribution in [1.29, 1.82) is 0 Å². The van der Waals surface area contributed by atoms with Crippen LogP contribution >= 0.6 is 0 Å². The highest BCUT2D eigenvalue weighted by molar-refractivity contribution is 7.88. The normalized spacial score (nSPS) is 19.0. The molecule has 1 fully saturated rings. The molecule has 0 amide bonds. The lowest BCUT2D eigenvalue weighted by molar-refractivity contribution is 0.111. The number of hydrogen-bond acceptors (Lipinski definition) is 4. The van der Waals surface area contributed by atoms with Crippen molar-refractivity contribution in [2.75, 3.05) is 32.2 Å². The predicted octanol–water partition coefficient (Wildman–Crippen LogP) is 1.60. The number of rotatable bonds is 7. The first-order valence-electron chi connectivity index (χ1n) is 6.86. The Morgan fingerprint density at radius 1 is 1.20 bits per heavy atom. The summed E-state index contributed by atoms with van der Waals surface area (Å²) in [5, 5.41) is 0. The molecular formula is C14H21NO4S. The molecule has 6 heteroatoms. The van der Waals surface area contributed by atoms with E-state index in [1.807, 2.05) is 30.3 Å². The Balaban J connectivity index is 1.58. The summed E-state index contributed by atoms with van der Waals surface area (Å²) in [6.45, 7) is 2.77. The van der Waals surface area contributed by atoms with Crippen LogP contribution < -0.4 is 0 Å². The van der Waals surface area contributed by atoms with Crippen molar-refractivity contribution in [3.63, 3.8) is 0 Å². The maximum absolute atomic E-state index is 11.7. The fourth-order valence-electron chi connectivity index (χ4n) is 2.05. The van der Waals surface area contributed by atoms with Gasteiger partial charge in [-0.05, 0) is 18.4 Å². The fraction of sp³-hybridized carbons (Fsp3) is 0.571. The van der Waals surface area contributed by atoms with E-state index in [0.29, 0.717) is 32.9 Å². The van der Waals surface area contributed by atoms with Crippen LogP contribution in [0, 0.1) is 0 Å². The van der Waals surface area contributed by atoms with Crippen LogP contribution in [0.3, 0.4) is 0 Å². The molecule has 0 spiro atoms. The number of sulfonamides is 1. The highest BCUT2D eigenvalue weighted by atomic mass is 32.2. The zero-order valence-corrected chi connectivity index (χ0v) is 12.3. The predicted molar refractivity (Wildman–Crippen MR) is 76.6 cm³/mol. The van der Waals surface area contributed by atoms with E-state index in [9.17, 15) is 8.42 Å². The first-order valence-corrected chi connectivity index (χ1v) is 8.47. The summed E-state index contributed by atoms with van der Waals surface area (Å²) < 4.78 is 35.3. The third-order valence-corrected chi connectivity index (χ3v) is 4.78. The first-order chi connectivity index (χ1) is 9.68. The molecule has 1 aliphatic rings. The van der Waals surface area contributed by atoms with E-state index < -0.39 is 10.0 Å².